The predicted octanol–water partition coefficient (Wildman–Crippen LogP) is 2.72. The van der Waals surface area contributed by atoms with Crippen molar-refractivity contribution in [3.8, 4) is 5.75 Å². The summed E-state index contributed by atoms with van der Waals surface area (Å²) in [4.78, 5) is 0. The largest absolute Gasteiger partial charge is 0.506 e. The van der Waals surface area contributed by atoms with Gasteiger partial charge >= 0.3 is 0 Å². The van der Waals surface area contributed by atoms with E-state index in [1.54, 1.807) is 26.0 Å². The molecule has 16 heavy (non-hydrogen) atoms. The lowest BCUT2D eigenvalue weighted by Gasteiger charge is -2.30. The minimum absolute atomic E-state index is 0.0864. The fraction of sp³-hybridized carbons (Fsp3) is 0.455. The Labute approximate surface area is 105 Å². The maximum atomic E-state index is 9.83. The van der Waals surface area contributed by atoms with E-state index in [0.717, 1.165) is 0 Å². The van der Waals surface area contributed by atoms with E-state index in [2.05, 4.69) is 0 Å². The van der Waals surface area contributed by atoms with Crippen LogP contribution in [0.25, 0.3) is 0 Å². The number of phenols is 1. The van der Waals surface area contributed by atoms with Gasteiger partial charge in [0, 0.05) is 23.6 Å². The van der Waals surface area contributed by atoms with Crippen LogP contribution in [0, 0.1) is 5.41 Å². The van der Waals surface area contributed by atoms with Crippen molar-refractivity contribution in [3.63, 3.8) is 0 Å². The van der Waals surface area contributed by atoms with Gasteiger partial charge in [-0.1, -0.05) is 43.1 Å². The molecule has 0 bridgehead atoms. The summed E-state index contributed by atoms with van der Waals surface area (Å²) in [5.41, 5.74) is 5.91. The molecule has 0 fully saturated rings. The van der Waals surface area contributed by atoms with E-state index in [1.165, 1.54) is 0 Å². The van der Waals surface area contributed by atoms with Gasteiger partial charge in [-0.15, -0.1) is 0 Å². The van der Waals surface area contributed by atoms with Crippen molar-refractivity contribution in [1.82, 2.24) is 0 Å². The molecule has 0 aliphatic carbocycles. The lowest BCUT2D eigenvalue weighted by Crippen LogP contribution is -2.32. The first kappa shape index (κ1) is 13.6. The number of hydrogen-bond acceptors (Lipinski definition) is 3. The smallest absolute Gasteiger partial charge is 0.140 e. The van der Waals surface area contributed by atoms with Crippen LogP contribution >= 0.6 is 23.2 Å². The highest BCUT2D eigenvalue weighted by Gasteiger charge is 2.29. The zero-order valence-corrected chi connectivity index (χ0v) is 10.7. The summed E-state index contributed by atoms with van der Waals surface area (Å²) < 4.78 is 0. The van der Waals surface area contributed by atoms with Crippen LogP contribution in [-0.4, -0.2) is 16.8 Å². The van der Waals surface area contributed by atoms with Crippen molar-refractivity contribution in [3.05, 3.63) is 27.7 Å². The standard InChI is InChI=1S/C11H15Cl2NO2/c1-11(2,5-15)10(14)6-3-4-7(12)8(13)9(6)16/h3-4,10,15-16H,5,14H2,1-2H3/t10-/m1/s1. The van der Waals surface area contributed by atoms with Crippen LogP contribution in [0.2, 0.25) is 10.0 Å². The van der Waals surface area contributed by atoms with Gasteiger partial charge < -0.3 is 15.9 Å². The molecule has 0 aliphatic heterocycles. The Kier molecular flexibility index (Phi) is 4.07. The molecule has 0 saturated carbocycles. The van der Waals surface area contributed by atoms with Crippen LogP contribution < -0.4 is 5.73 Å². The van der Waals surface area contributed by atoms with E-state index in [0.29, 0.717) is 5.56 Å². The number of aliphatic hydroxyl groups is 1. The average Bonchev–Trinajstić information content (AvgIpc) is 2.25. The number of aliphatic hydroxyl groups excluding tert-OH is 1. The van der Waals surface area contributed by atoms with E-state index in [1.807, 2.05) is 0 Å². The van der Waals surface area contributed by atoms with E-state index < -0.39 is 11.5 Å². The maximum Gasteiger partial charge on any atom is 0.140 e. The highest BCUT2D eigenvalue weighted by atomic mass is 35.5. The van der Waals surface area contributed by atoms with Gasteiger partial charge in [-0.2, -0.15) is 0 Å². The summed E-state index contributed by atoms with van der Waals surface area (Å²) in [7, 11) is 0. The number of phenolic OH excluding ortho intramolecular Hbond substituents is 1. The van der Waals surface area contributed by atoms with Gasteiger partial charge in [0.15, 0.2) is 0 Å². The second kappa shape index (κ2) is 4.80. The van der Waals surface area contributed by atoms with Crippen molar-refractivity contribution < 1.29 is 10.2 Å². The van der Waals surface area contributed by atoms with Crippen molar-refractivity contribution in [2.45, 2.75) is 19.9 Å². The van der Waals surface area contributed by atoms with Crippen LogP contribution in [0.3, 0.4) is 0 Å². The molecule has 0 unspecified atom stereocenters. The van der Waals surface area contributed by atoms with Gasteiger partial charge in [0.2, 0.25) is 0 Å². The number of nitrogens with two attached hydrogens (primary N) is 1. The molecule has 0 spiro atoms. The molecule has 4 N–H and O–H groups in total. The summed E-state index contributed by atoms with van der Waals surface area (Å²) in [6, 6.07) is 2.67. The number of hydrogen-bond donors (Lipinski definition) is 3. The van der Waals surface area contributed by atoms with Crippen LogP contribution in [-0.2, 0) is 0 Å². The third-order valence-electron chi connectivity index (χ3n) is 2.68. The van der Waals surface area contributed by atoms with E-state index in [9.17, 15) is 10.2 Å². The van der Waals surface area contributed by atoms with Crippen molar-refractivity contribution in [2.75, 3.05) is 6.61 Å². The van der Waals surface area contributed by atoms with Crippen molar-refractivity contribution >= 4 is 23.2 Å². The molecule has 0 radical (unpaired) electrons. The van der Waals surface area contributed by atoms with E-state index in [4.69, 9.17) is 28.9 Å². The van der Waals surface area contributed by atoms with Crippen LogP contribution in [0.1, 0.15) is 25.5 Å². The maximum absolute atomic E-state index is 9.83. The molecule has 1 atom stereocenters. The first-order chi connectivity index (χ1) is 7.31. The molecule has 0 aliphatic rings. The van der Waals surface area contributed by atoms with Crippen molar-refractivity contribution in [1.29, 1.82) is 0 Å². The van der Waals surface area contributed by atoms with Crippen LogP contribution in [0.5, 0.6) is 5.75 Å². The van der Waals surface area contributed by atoms with E-state index >= 15 is 0 Å². The summed E-state index contributed by atoms with van der Waals surface area (Å²) in [6.07, 6.45) is 0. The fourth-order valence-corrected chi connectivity index (χ4v) is 1.65. The SMILES string of the molecule is CC(C)(CO)[C@H](N)c1ccc(Cl)c(Cl)c1O. The number of rotatable bonds is 3. The molecule has 5 heteroatoms. The Morgan fingerprint density at radius 2 is 1.94 bits per heavy atom. The Balaban J connectivity index is 3.20. The third-order valence-corrected chi connectivity index (χ3v) is 3.48. The first-order valence-electron chi connectivity index (χ1n) is 4.84. The molecule has 1 aromatic rings. The first-order valence-corrected chi connectivity index (χ1v) is 5.60. The summed E-state index contributed by atoms with van der Waals surface area (Å²) in [5.74, 6) is -0.122. The molecule has 90 valence electrons. The Morgan fingerprint density at radius 1 is 1.38 bits per heavy atom. The number of halogens is 2. The number of benzene rings is 1. The van der Waals surface area contributed by atoms with Crippen molar-refractivity contribution in [2.24, 2.45) is 11.1 Å². The Bertz CT molecular complexity index is 394. The zero-order valence-electron chi connectivity index (χ0n) is 9.17. The lowest BCUT2D eigenvalue weighted by molar-refractivity contribution is 0.131. The Hall–Kier alpha value is -0.480. The van der Waals surface area contributed by atoms with Crippen LogP contribution in [0.4, 0.5) is 0 Å². The van der Waals surface area contributed by atoms with Gasteiger partial charge in [0.25, 0.3) is 0 Å². The van der Waals surface area contributed by atoms with Gasteiger partial charge in [-0.3, -0.25) is 0 Å². The third kappa shape index (κ3) is 2.43. The number of aromatic hydroxyl groups is 1. The summed E-state index contributed by atoms with van der Waals surface area (Å²) >= 11 is 11.6. The topological polar surface area (TPSA) is 66.5 Å². The molecule has 1 rings (SSSR count). The van der Waals surface area contributed by atoms with Gasteiger partial charge in [-0.25, -0.2) is 0 Å². The molecule has 0 heterocycles. The second-order valence-corrected chi connectivity index (χ2v) is 5.21. The summed E-state index contributed by atoms with van der Waals surface area (Å²) in [6.45, 7) is 3.52. The molecular formula is C11H15Cl2NO2. The lowest BCUT2D eigenvalue weighted by atomic mass is 9.81. The molecule has 0 amide bonds. The van der Waals surface area contributed by atoms with Crippen LogP contribution in [0.15, 0.2) is 12.1 Å². The second-order valence-electron chi connectivity index (χ2n) is 4.42. The average molecular weight is 264 g/mol. The molecule has 0 saturated heterocycles. The van der Waals surface area contributed by atoms with E-state index in [-0.39, 0.29) is 22.4 Å². The minimum atomic E-state index is -0.547. The van der Waals surface area contributed by atoms with Gasteiger partial charge in [-0.05, 0) is 6.07 Å². The Morgan fingerprint density at radius 3 is 2.44 bits per heavy atom. The molecule has 3 nitrogen and oxygen atoms in total. The highest BCUT2D eigenvalue weighted by molar-refractivity contribution is 6.43. The molecule has 1 aromatic carbocycles. The zero-order chi connectivity index (χ0) is 12.5. The normalized spacial score (nSPS) is 13.9. The summed E-state index contributed by atoms with van der Waals surface area (Å²) in [5, 5.41) is 19.4. The highest BCUT2D eigenvalue weighted by Crippen LogP contribution is 2.41. The predicted molar refractivity (Wildman–Crippen MR) is 65.9 cm³/mol. The quantitative estimate of drug-likeness (QED) is 0.786. The monoisotopic (exact) mass is 263 g/mol. The minimum Gasteiger partial charge on any atom is -0.506 e. The van der Waals surface area contributed by atoms with Gasteiger partial charge in [0.1, 0.15) is 10.8 Å². The fourth-order valence-electron chi connectivity index (χ4n) is 1.33. The molecular weight excluding hydrogens is 249 g/mol. The van der Waals surface area contributed by atoms with Gasteiger partial charge in [0.05, 0.1) is 5.02 Å². The molecule has 0 aromatic heterocycles.